The van der Waals surface area contributed by atoms with Gasteiger partial charge < -0.3 is 14.9 Å². The average molecular weight is 396 g/mol. The van der Waals surface area contributed by atoms with Gasteiger partial charge in [0.15, 0.2) is 11.5 Å². The highest BCUT2D eigenvalue weighted by atomic mass is 19.1. The van der Waals surface area contributed by atoms with E-state index in [1.807, 2.05) is 19.9 Å². The molecule has 2 N–H and O–H groups in total. The Morgan fingerprint density at radius 1 is 0.862 bits per heavy atom. The largest absolute Gasteiger partial charge is 0.508 e. The van der Waals surface area contributed by atoms with Crippen LogP contribution in [0.4, 0.5) is 8.78 Å². The highest BCUT2D eigenvalue weighted by Gasteiger charge is 2.15. The molecule has 0 atom stereocenters. The molecule has 0 amide bonds. The van der Waals surface area contributed by atoms with Crippen molar-refractivity contribution >= 4 is 0 Å². The monoisotopic (exact) mass is 396 g/mol. The molecule has 0 aromatic heterocycles. The molecule has 0 aliphatic heterocycles. The predicted octanol–water partition coefficient (Wildman–Crippen LogP) is 6.45. The van der Waals surface area contributed by atoms with Gasteiger partial charge in [0, 0.05) is 11.1 Å². The van der Waals surface area contributed by atoms with Crippen molar-refractivity contribution in [3.63, 3.8) is 0 Å². The number of ether oxygens (including phenoxy) is 1. The lowest BCUT2D eigenvalue weighted by atomic mass is 9.98. The van der Waals surface area contributed by atoms with Gasteiger partial charge in [0.25, 0.3) is 0 Å². The quantitative estimate of drug-likeness (QED) is 0.372. The van der Waals surface area contributed by atoms with E-state index in [-0.39, 0.29) is 28.4 Å². The molecule has 0 saturated heterocycles. The summed E-state index contributed by atoms with van der Waals surface area (Å²) in [6.45, 7) is 4.39. The fourth-order valence-corrected chi connectivity index (χ4v) is 2.95. The second-order valence-corrected chi connectivity index (χ2v) is 6.96. The van der Waals surface area contributed by atoms with E-state index in [2.05, 4.69) is 0 Å². The van der Waals surface area contributed by atoms with Crippen molar-refractivity contribution in [1.82, 2.24) is 0 Å². The van der Waals surface area contributed by atoms with Gasteiger partial charge >= 0.3 is 0 Å². The molecule has 3 aromatic rings. The van der Waals surface area contributed by atoms with E-state index in [1.54, 1.807) is 12.1 Å². The van der Waals surface area contributed by atoms with Crippen molar-refractivity contribution in [3.05, 3.63) is 77.9 Å². The Morgan fingerprint density at radius 2 is 1.45 bits per heavy atom. The van der Waals surface area contributed by atoms with Crippen LogP contribution in [-0.2, 0) is 0 Å². The third-order valence-corrected chi connectivity index (χ3v) is 4.43. The standard InChI is InChI=1S/C24H22F2O3/c1-15(2)4-3-11-29-24-10-7-17(12-23(24)28)20-14-21(25)19(13-22(20)26)16-5-8-18(27)9-6-16/h4-10,12-14,27-28H,3,11H2,1-2H3. The number of hydrogen-bond donors (Lipinski definition) is 2. The molecule has 0 unspecified atom stereocenters. The van der Waals surface area contributed by atoms with Crippen LogP contribution in [0.1, 0.15) is 20.3 Å². The molecule has 0 aliphatic carbocycles. The molecule has 0 aliphatic rings. The van der Waals surface area contributed by atoms with Crippen molar-refractivity contribution in [2.24, 2.45) is 0 Å². The van der Waals surface area contributed by atoms with E-state index in [0.717, 1.165) is 12.1 Å². The molecule has 3 aromatic carbocycles. The molecule has 3 nitrogen and oxygen atoms in total. The Hall–Kier alpha value is -3.34. The van der Waals surface area contributed by atoms with Crippen LogP contribution in [0.2, 0.25) is 0 Å². The average Bonchev–Trinajstić information content (AvgIpc) is 2.68. The van der Waals surface area contributed by atoms with Crippen molar-refractivity contribution in [2.45, 2.75) is 20.3 Å². The summed E-state index contributed by atoms with van der Waals surface area (Å²) in [5, 5.41) is 19.6. The number of phenolic OH excluding ortho intramolecular Hbond substituents is 2. The van der Waals surface area contributed by atoms with Gasteiger partial charge in [-0.25, -0.2) is 8.78 Å². The lowest BCUT2D eigenvalue weighted by molar-refractivity contribution is 0.305. The summed E-state index contributed by atoms with van der Waals surface area (Å²) in [5.41, 5.74) is 2.11. The lowest BCUT2D eigenvalue weighted by Crippen LogP contribution is -1.97. The van der Waals surface area contributed by atoms with Gasteiger partial charge in [-0.2, -0.15) is 0 Å². The summed E-state index contributed by atoms with van der Waals surface area (Å²) in [6.07, 6.45) is 2.74. The van der Waals surface area contributed by atoms with Gasteiger partial charge in [-0.05, 0) is 67.8 Å². The summed E-state index contributed by atoms with van der Waals surface area (Å²) in [6, 6.07) is 12.5. The number of phenols is 2. The third kappa shape index (κ3) is 4.93. The van der Waals surface area contributed by atoms with E-state index < -0.39 is 11.6 Å². The molecule has 150 valence electrons. The number of halogens is 2. The maximum absolute atomic E-state index is 14.7. The minimum Gasteiger partial charge on any atom is -0.508 e. The van der Waals surface area contributed by atoms with Crippen molar-refractivity contribution in [2.75, 3.05) is 6.61 Å². The Bertz CT molecular complexity index is 1040. The molecular weight excluding hydrogens is 374 g/mol. The molecule has 0 saturated carbocycles. The van der Waals surface area contributed by atoms with Crippen LogP contribution in [0.3, 0.4) is 0 Å². The summed E-state index contributed by atoms with van der Waals surface area (Å²) in [7, 11) is 0. The molecule has 0 bridgehead atoms. The summed E-state index contributed by atoms with van der Waals surface area (Å²) < 4.78 is 34.9. The SMILES string of the molecule is CC(C)=CCCOc1ccc(-c2cc(F)c(-c3ccc(O)cc3)cc2F)cc1O. The van der Waals surface area contributed by atoms with E-state index in [1.165, 1.54) is 35.9 Å². The van der Waals surface area contributed by atoms with Gasteiger partial charge in [0.2, 0.25) is 0 Å². The number of rotatable bonds is 6. The summed E-state index contributed by atoms with van der Waals surface area (Å²) in [4.78, 5) is 0. The van der Waals surface area contributed by atoms with Gasteiger partial charge in [0.05, 0.1) is 6.61 Å². The molecule has 0 heterocycles. The molecule has 3 rings (SSSR count). The highest BCUT2D eigenvalue weighted by Crippen LogP contribution is 2.35. The topological polar surface area (TPSA) is 49.7 Å². The number of hydrogen-bond acceptors (Lipinski definition) is 3. The zero-order chi connectivity index (χ0) is 21.0. The fourth-order valence-electron chi connectivity index (χ4n) is 2.95. The second kappa shape index (κ2) is 8.78. The van der Waals surface area contributed by atoms with Crippen LogP contribution >= 0.6 is 0 Å². The zero-order valence-corrected chi connectivity index (χ0v) is 16.2. The number of benzene rings is 3. The Morgan fingerprint density at radius 3 is 2.03 bits per heavy atom. The number of allylic oxidation sites excluding steroid dienone is 1. The maximum Gasteiger partial charge on any atom is 0.160 e. The molecule has 0 radical (unpaired) electrons. The van der Waals surface area contributed by atoms with Crippen LogP contribution < -0.4 is 4.74 Å². The van der Waals surface area contributed by atoms with Crippen LogP contribution in [0, 0.1) is 11.6 Å². The first-order valence-corrected chi connectivity index (χ1v) is 9.23. The Kier molecular flexibility index (Phi) is 6.17. The normalized spacial score (nSPS) is 10.6. The summed E-state index contributed by atoms with van der Waals surface area (Å²) in [5.74, 6) is -1.02. The first-order valence-electron chi connectivity index (χ1n) is 9.23. The van der Waals surface area contributed by atoms with Gasteiger partial charge in [0.1, 0.15) is 17.4 Å². The molecule has 5 heteroatoms. The minimum atomic E-state index is -0.619. The van der Waals surface area contributed by atoms with Gasteiger partial charge in [-0.1, -0.05) is 29.8 Å². The lowest BCUT2D eigenvalue weighted by Gasteiger charge is -2.11. The molecule has 0 fully saturated rings. The smallest absolute Gasteiger partial charge is 0.160 e. The Labute approximate surface area is 168 Å². The van der Waals surface area contributed by atoms with Crippen LogP contribution in [0.25, 0.3) is 22.3 Å². The van der Waals surface area contributed by atoms with E-state index in [9.17, 15) is 19.0 Å². The van der Waals surface area contributed by atoms with Gasteiger partial charge in [-0.3, -0.25) is 0 Å². The number of aromatic hydroxyl groups is 2. The van der Waals surface area contributed by atoms with Crippen LogP contribution in [0.15, 0.2) is 66.2 Å². The molecule has 29 heavy (non-hydrogen) atoms. The predicted molar refractivity (Wildman–Crippen MR) is 110 cm³/mol. The first kappa shape index (κ1) is 20.4. The van der Waals surface area contributed by atoms with E-state index in [4.69, 9.17) is 4.74 Å². The fraction of sp³-hybridized carbons (Fsp3) is 0.167. The second-order valence-electron chi connectivity index (χ2n) is 6.96. The minimum absolute atomic E-state index is 0.0384. The maximum atomic E-state index is 14.7. The van der Waals surface area contributed by atoms with Crippen LogP contribution in [-0.4, -0.2) is 16.8 Å². The van der Waals surface area contributed by atoms with Crippen molar-refractivity contribution < 1.29 is 23.7 Å². The first-order chi connectivity index (χ1) is 13.8. The zero-order valence-electron chi connectivity index (χ0n) is 16.2. The van der Waals surface area contributed by atoms with Gasteiger partial charge in [-0.15, -0.1) is 0 Å². The molecular formula is C24H22F2O3. The van der Waals surface area contributed by atoms with E-state index >= 15 is 0 Å². The van der Waals surface area contributed by atoms with Crippen LogP contribution in [0.5, 0.6) is 17.2 Å². The van der Waals surface area contributed by atoms with Crippen molar-refractivity contribution in [3.8, 4) is 39.5 Å². The Balaban J connectivity index is 1.85. The third-order valence-electron chi connectivity index (χ3n) is 4.43. The highest BCUT2D eigenvalue weighted by molar-refractivity contribution is 5.73. The summed E-state index contributed by atoms with van der Waals surface area (Å²) >= 11 is 0. The molecule has 0 spiro atoms. The van der Waals surface area contributed by atoms with Crippen molar-refractivity contribution in [1.29, 1.82) is 0 Å². The van der Waals surface area contributed by atoms with E-state index in [0.29, 0.717) is 24.2 Å².